The van der Waals surface area contributed by atoms with Gasteiger partial charge in [0.2, 0.25) is 0 Å². The summed E-state index contributed by atoms with van der Waals surface area (Å²) in [6.07, 6.45) is 14.8. The van der Waals surface area contributed by atoms with E-state index < -0.39 is 0 Å². The van der Waals surface area contributed by atoms with Crippen LogP contribution in [-0.2, 0) is 15.9 Å². The molecule has 0 aromatic heterocycles. The maximum atomic E-state index is 5.92. The van der Waals surface area contributed by atoms with Gasteiger partial charge in [-0.05, 0) is 24.5 Å². The first-order chi connectivity index (χ1) is 13.9. The summed E-state index contributed by atoms with van der Waals surface area (Å²) in [4.78, 5) is 0. The summed E-state index contributed by atoms with van der Waals surface area (Å²) in [7, 11) is 0. The van der Waals surface area contributed by atoms with Crippen molar-refractivity contribution in [1.29, 1.82) is 0 Å². The van der Waals surface area contributed by atoms with Crippen LogP contribution in [0.4, 0.5) is 0 Å². The van der Waals surface area contributed by atoms with Gasteiger partial charge in [0.1, 0.15) is 12.4 Å². The molecule has 0 radical (unpaired) electrons. The molecule has 0 saturated heterocycles. The average molecular weight is 394 g/mol. The van der Waals surface area contributed by atoms with Crippen LogP contribution in [0.25, 0.3) is 0 Å². The van der Waals surface area contributed by atoms with Gasteiger partial charge in [-0.2, -0.15) is 0 Å². The zero-order valence-corrected chi connectivity index (χ0v) is 18.1. The Hall–Kier alpha value is -1.10. The molecule has 0 aliphatic carbocycles. The molecule has 0 heterocycles. The molecule has 0 spiro atoms. The number of para-hydroxylation sites is 1. The Morgan fingerprint density at radius 3 is 1.93 bits per heavy atom. The van der Waals surface area contributed by atoms with E-state index in [4.69, 9.17) is 19.9 Å². The summed E-state index contributed by atoms with van der Waals surface area (Å²) in [6.45, 7) is 5.75. The highest BCUT2D eigenvalue weighted by molar-refractivity contribution is 5.33. The number of ether oxygens (including phenoxy) is 3. The molecule has 0 amide bonds. The zero-order valence-electron chi connectivity index (χ0n) is 18.1. The lowest BCUT2D eigenvalue weighted by Gasteiger charge is -2.12. The molecule has 0 aliphatic heterocycles. The number of benzene rings is 1. The van der Waals surface area contributed by atoms with E-state index >= 15 is 0 Å². The molecule has 4 nitrogen and oxygen atoms in total. The van der Waals surface area contributed by atoms with Crippen LogP contribution in [0.3, 0.4) is 0 Å². The van der Waals surface area contributed by atoms with Gasteiger partial charge in [-0.3, -0.25) is 0 Å². The fourth-order valence-electron chi connectivity index (χ4n) is 3.27. The number of rotatable bonds is 20. The number of nitrogens with two attached hydrogens (primary N) is 1. The van der Waals surface area contributed by atoms with Crippen molar-refractivity contribution in [3.8, 4) is 5.75 Å². The molecule has 1 rings (SSSR count). The number of aryl methyl sites for hydroxylation is 1. The summed E-state index contributed by atoms with van der Waals surface area (Å²) in [6, 6.07) is 8.39. The van der Waals surface area contributed by atoms with Crippen LogP contribution in [-0.4, -0.2) is 39.6 Å². The molecule has 1 aromatic carbocycles. The molecule has 0 unspecified atom stereocenters. The lowest BCUT2D eigenvalue weighted by molar-refractivity contribution is 0.0387. The van der Waals surface area contributed by atoms with Crippen molar-refractivity contribution in [3.63, 3.8) is 0 Å². The van der Waals surface area contributed by atoms with Crippen molar-refractivity contribution in [2.24, 2.45) is 5.73 Å². The molecule has 4 heteroatoms. The molecule has 0 bridgehead atoms. The maximum Gasteiger partial charge on any atom is 0.122 e. The van der Waals surface area contributed by atoms with E-state index in [-0.39, 0.29) is 0 Å². The van der Waals surface area contributed by atoms with E-state index in [1.54, 1.807) is 0 Å². The molecule has 0 fully saturated rings. The van der Waals surface area contributed by atoms with Gasteiger partial charge in [-0.1, -0.05) is 82.9 Å². The average Bonchev–Trinajstić information content (AvgIpc) is 2.72. The fraction of sp³-hybridized carbons (Fsp3) is 0.750. The normalized spacial score (nSPS) is 11.1. The molecule has 0 aliphatic rings. The van der Waals surface area contributed by atoms with E-state index in [0.29, 0.717) is 39.6 Å². The topological polar surface area (TPSA) is 53.7 Å². The molecule has 0 saturated carbocycles. The van der Waals surface area contributed by atoms with Crippen molar-refractivity contribution < 1.29 is 14.2 Å². The lowest BCUT2D eigenvalue weighted by atomic mass is 10.0. The van der Waals surface area contributed by atoms with Crippen LogP contribution in [0.5, 0.6) is 5.75 Å². The minimum absolute atomic E-state index is 0.555. The Morgan fingerprint density at radius 1 is 0.679 bits per heavy atom. The Morgan fingerprint density at radius 2 is 1.25 bits per heavy atom. The second-order valence-corrected chi connectivity index (χ2v) is 7.40. The minimum atomic E-state index is 0.555. The van der Waals surface area contributed by atoms with Gasteiger partial charge in [-0.15, -0.1) is 0 Å². The van der Waals surface area contributed by atoms with E-state index in [0.717, 1.165) is 12.2 Å². The third kappa shape index (κ3) is 14.0. The zero-order chi connectivity index (χ0) is 20.1. The van der Waals surface area contributed by atoms with Crippen molar-refractivity contribution in [3.05, 3.63) is 29.8 Å². The van der Waals surface area contributed by atoms with Crippen LogP contribution >= 0.6 is 0 Å². The van der Waals surface area contributed by atoms with Crippen LogP contribution in [0.1, 0.15) is 76.7 Å². The van der Waals surface area contributed by atoms with Crippen molar-refractivity contribution >= 4 is 0 Å². The van der Waals surface area contributed by atoms with Gasteiger partial charge in [0, 0.05) is 6.54 Å². The van der Waals surface area contributed by atoms with Crippen LogP contribution < -0.4 is 10.5 Å². The third-order valence-electron chi connectivity index (χ3n) is 4.89. The second-order valence-electron chi connectivity index (χ2n) is 7.40. The van der Waals surface area contributed by atoms with E-state index in [2.05, 4.69) is 25.1 Å². The Labute approximate surface area is 173 Å². The second kappa shape index (κ2) is 19.2. The SMILES string of the molecule is CCCCCCCCCCCCc1ccccc1OCCOCCOCCN. The highest BCUT2D eigenvalue weighted by Gasteiger charge is 2.03. The van der Waals surface area contributed by atoms with E-state index in [1.807, 2.05) is 6.07 Å². The molecular formula is C24H43NO3. The summed E-state index contributed by atoms with van der Waals surface area (Å²) >= 11 is 0. The predicted molar refractivity (Wildman–Crippen MR) is 118 cm³/mol. The Balaban J connectivity index is 2.05. The smallest absolute Gasteiger partial charge is 0.122 e. The van der Waals surface area contributed by atoms with Gasteiger partial charge in [-0.25, -0.2) is 0 Å². The molecule has 2 N–H and O–H groups in total. The number of hydrogen-bond donors (Lipinski definition) is 1. The quantitative estimate of drug-likeness (QED) is 0.296. The van der Waals surface area contributed by atoms with Crippen LogP contribution in [0.2, 0.25) is 0 Å². The van der Waals surface area contributed by atoms with Gasteiger partial charge in [0.05, 0.1) is 26.4 Å². The van der Waals surface area contributed by atoms with Gasteiger partial charge < -0.3 is 19.9 Å². The Kier molecular flexibility index (Phi) is 17.1. The van der Waals surface area contributed by atoms with E-state index in [1.165, 1.54) is 69.8 Å². The molecule has 28 heavy (non-hydrogen) atoms. The van der Waals surface area contributed by atoms with Crippen LogP contribution in [0, 0.1) is 0 Å². The molecular weight excluding hydrogens is 350 g/mol. The first-order valence-corrected chi connectivity index (χ1v) is 11.4. The molecule has 0 atom stereocenters. The summed E-state index contributed by atoms with van der Waals surface area (Å²) in [5.41, 5.74) is 6.68. The summed E-state index contributed by atoms with van der Waals surface area (Å²) in [5, 5.41) is 0. The third-order valence-corrected chi connectivity index (χ3v) is 4.89. The number of hydrogen-bond acceptors (Lipinski definition) is 4. The Bertz CT molecular complexity index is 453. The summed E-state index contributed by atoms with van der Waals surface area (Å²) in [5.74, 6) is 1.00. The largest absolute Gasteiger partial charge is 0.491 e. The first-order valence-electron chi connectivity index (χ1n) is 11.4. The first kappa shape index (κ1) is 24.9. The van der Waals surface area contributed by atoms with Crippen molar-refractivity contribution in [2.75, 3.05) is 39.6 Å². The van der Waals surface area contributed by atoms with Gasteiger partial charge >= 0.3 is 0 Å². The highest BCUT2D eigenvalue weighted by Crippen LogP contribution is 2.21. The van der Waals surface area contributed by atoms with Gasteiger partial charge in [0.25, 0.3) is 0 Å². The summed E-state index contributed by atoms with van der Waals surface area (Å²) < 4.78 is 16.7. The fourth-order valence-corrected chi connectivity index (χ4v) is 3.27. The predicted octanol–water partition coefficient (Wildman–Crippen LogP) is 5.52. The lowest BCUT2D eigenvalue weighted by Crippen LogP contribution is -2.14. The maximum absolute atomic E-state index is 5.92. The highest BCUT2D eigenvalue weighted by atomic mass is 16.5. The van der Waals surface area contributed by atoms with Gasteiger partial charge in [0.15, 0.2) is 0 Å². The molecule has 1 aromatic rings. The standard InChI is InChI=1S/C24H43NO3/c1-2-3-4-5-6-7-8-9-10-11-14-23-15-12-13-16-24(23)28-22-21-27-20-19-26-18-17-25/h12-13,15-16H,2-11,14,17-22,25H2,1H3. The minimum Gasteiger partial charge on any atom is -0.491 e. The monoisotopic (exact) mass is 393 g/mol. The van der Waals surface area contributed by atoms with Crippen LogP contribution in [0.15, 0.2) is 24.3 Å². The molecule has 162 valence electrons. The number of unbranched alkanes of at least 4 members (excludes halogenated alkanes) is 9. The van der Waals surface area contributed by atoms with E-state index in [9.17, 15) is 0 Å². The van der Waals surface area contributed by atoms with Crippen molar-refractivity contribution in [1.82, 2.24) is 0 Å². The van der Waals surface area contributed by atoms with Crippen molar-refractivity contribution in [2.45, 2.75) is 77.6 Å².